The summed E-state index contributed by atoms with van der Waals surface area (Å²) in [6, 6.07) is 3.48. The molecule has 2 N–H and O–H groups in total. The summed E-state index contributed by atoms with van der Waals surface area (Å²) in [5, 5.41) is 0.471. The van der Waals surface area contributed by atoms with Gasteiger partial charge in [-0.2, -0.15) is 0 Å². The summed E-state index contributed by atoms with van der Waals surface area (Å²) in [4.78, 5) is 13.9. The molecule has 1 aliphatic heterocycles. The van der Waals surface area contributed by atoms with Crippen molar-refractivity contribution in [3.05, 3.63) is 28.3 Å². The van der Waals surface area contributed by atoms with Crippen LogP contribution in [0.15, 0.2) is 12.1 Å². The van der Waals surface area contributed by atoms with Gasteiger partial charge in [-0.3, -0.25) is 4.79 Å². The Labute approximate surface area is 100 Å². The lowest BCUT2D eigenvalue weighted by atomic mass is 10.1. The van der Waals surface area contributed by atoms with Gasteiger partial charge in [0.05, 0.1) is 10.6 Å². The van der Waals surface area contributed by atoms with Crippen LogP contribution < -0.4 is 5.73 Å². The molecule has 0 spiro atoms. The van der Waals surface area contributed by atoms with Crippen molar-refractivity contribution < 1.29 is 4.79 Å². The summed E-state index contributed by atoms with van der Waals surface area (Å²) in [6.07, 6.45) is 2.10. The lowest BCUT2D eigenvalue weighted by Crippen LogP contribution is -2.24. The number of fused-ring (bicyclic) bond motifs is 1. The summed E-state index contributed by atoms with van der Waals surface area (Å²) in [5.74, 6) is 0.0356. The van der Waals surface area contributed by atoms with Gasteiger partial charge in [-0.05, 0) is 24.1 Å². The molecule has 86 valence electrons. The molecule has 0 saturated heterocycles. The van der Waals surface area contributed by atoms with E-state index in [-0.39, 0.29) is 5.91 Å². The highest BCUT2D eigenvalue weighted by Gasteiger charge is 2.29. The zero-order valence-electron chi connectivity index (χ0n) is 9.29. The highest BCUT2D eigenvalue weighted by molar-refractivity contribution is 6.34. The minimum Gasteiger partial charge on any atom is -0.399 e. The summed E-state index contributed by atoms with van der Waals surface area (Å²) in [6.45, 7) is 3.54. The Bertz CT molecular complexity index is 431. The number of nitrogens with zero attached hydrogens (tertiary/aromatic N) is 1. The maximum absolute atomic E-state index is 12.0. The number of halogens is 1. The molecule has 4 heteroatoms. The number of nitrogen functional groups attached to an aromatic ring is 1. The van der Waals surface area contributed by atoms with Gasteiger partial charge in [0.2, 0.25) is 0 Å². The van der Waals surface area contributed by atoms with Crippen molar-refractivity contribution in [3.8, 4) is 0 Å². The zero-order chi connectivity index (χ0) is 11.7. The first kappa shape index (κ1) is 11.3. The van der Waals surface area contributed by atoms with E-state index >= 15 is 0 Å². The third kappa shape index (κ3) is 1.87. The predicted octanol–water partition coefficient (Wildman–Crippen LogP) is 2.68. The normalized spacial score (nSPS) is 14.4. The minimum atomic E-state index is 0.0356. The summed E-state index contributed by atoms with van der Waals surface area (Å²) in [7, 11) is 0. The Morgan fingerprint density at radius 2 is 2.25 bits per heavy atom. The third-order valence-electron chi connectivity index (χ3n) is 2.84. The highest BCUT2D eigenvalue weighted by atomic mass is 35.5. The molecule has 16 heavy (non-hydrogen) atoms. The van der Waals surface area contributed by atoms with Crippen LogP contribution in [0.5, 0.6) is 0 Å². The molecule has 1 aromatic carbocycles. The molecular formula is C12H15ClN2O. The van der Waals surface area contributed by atoms with Gasteiger partial charge in [-0.1, -0.05) is 24.9 Å². The molecule has 0 atom stereocenters. The molecule has 1 aliphatic rings. The molecular weight excluding hydrogens is 224 g/mol. The van der Waals surface area contributed by atoms with E-state index in [1.807, 2.05) is 11.0 Å². The number of benzene rings is 1. The zero-order valence-corrected chi connectivity index (χ0v) is 10.0. The van der Waals surface area contributed by atoms with Crippen LogP contribution in [0.3, 0.4) is 0 Å². The topological polar surface area (TPSA) is 46.3 Å². The standard InChI is InChI=1S/C12H15ClN2O/c1-2-3-4-15-7-8-5-9(14)6-10(13)11(8)12(15)16/h5-6H,2-4,7,14H2,1H3. The average molecular weight is 239 g/mol. The Kier molecular flexibility index (Phi) is 3.06. The Balaban J connectivity index is 2.28. The number of carbonyl (C=O) groups is 1. The van der Waals surface area contributed by atoms with Gasteiger partial charge in [0.25, 0.3) is 5.91 Å². The lowest BCUT2D eigenvalue weighted by molar-refractivity contribution is 0.0776. The molecule has 0 aromatic heterocycles. The van der Waals surface area contributed by atoms with Crippen LogP contribution in [0, 0.1) is 0 Å². The van der Waals surface area contributed by atoms with Gasteiger partial charge < -0.3 is 10.6 Å². The van der Waals surface area contributed by atoms with Crippen LogP contribution in [0.4, 0.5) is 5.69 Å². The molecule has 0 unspecified atom stereocenters. The van der Waals surface area contributed by atoms with E-state index in [4.69, 9.17) is 17.3 Å². The average Bonchev–Trinajstić information content (AvgIpc) is 2.52. The van der Waals surface area contributed by atoms with Crippen molar-refractivity contribution in [2.75, 3.05) is 12.3 Å². The fourth-order valence-electron chi connectivity index (χ4n) is 2.02. The van der Waals surface area contributed by atoms with Crippen molar-refractivity contribution in [1.29, 1.82) is 0 Å². The molecule has 3 nitrogen and oxygen atoms in total. The van der Waals surface area contributed by atoms with Crippen LogP contribution in [0.25, 0.3) is 0 Å². The second kappa shape index (κ2) is 4.34. The monoisotopic (exact) mass is 238 g/mol. The summed E-state index contributed by atoms with van der Waals surface area (Å²) >= 11 is 6.04. The number of hydrogen-bond donors (Lipinski definition) is 1. The van der Waals surface area contributed by atoms with E-state index in [2.05, 4.69) is 6.92 Å². The van der Waals surface area contributed by atoms with Crippen molar-refractivity contribution in [1.82, 2.24) is 4.90 Å². The van der Waals surface area contributed by atoms with E-state index in [0.717, 1.165) is 24.9 Å². The van der Waals surface area contributed by atoms with Gasteiger partial charge in [0, 0.05) is 18.8 Å². The molecule has 1 amide bonds. The molecule has 0 radical (unpaired) electrons. The van der Waals surface area contributed by atoms with E-state index in [0.29, 0.717) is 22.8 Å². The molecule has 1 aromatic rings. The second-order valence-corrected chi connectivity index (χ2v) is 4.52. The van der Waals surface area contributed by atoms with Crippen molar-refractivity contribution >= 4 is 23.2 Å². The quantitative estimate of drug-likeness (QED) is 0.823. The Morgan fingerprint density at radius 3 is 2.94 bits per heavy atom. The van der Waals surface area contributed by atoms with Crippen LogP contribution in [-0.4, -0.2) is 17.4 Å². The number of unbranched alkanes of at least 4 members (excludes halogenated alkanes) is 1. The molecule has 0 bridgehead atoms. The summed E-state index contributed by atoms with van der Waals surface area (Å²) in [5.41, 5.74) is 7.91. The fraction of sp³-hybridized carbons (Fsp3) is 0.417. The molecule has 0 saturated carbocycles. The fourth-order valence-corrected chi connectivity index (χ4v) is 2.34. The van der Waals surface area contributed by atoms with E-state index in [1.54, 1.807) is 6.07 Å². The van der Waals surface area contributed by atoms with Gasteiger partial charge in [0.15, 0.2) is 0 Å². The van der Waals surface area contributed by atoms with E-state index in [9.17, 15) is 4.79 Å². The number of rotatable bonds is 3. The largest absolute Gasteiger partial charge is 0.399 e. The molecule has 1 heterocycles. The van der Waals surface area contributed by atoms with E-state index < -0.39 is 0 Å². The molecule has 0 fully saturated rings. The minimum absolute atomic E-state index is 0.0356. The third-order valence-corrected chi connectivity index (χ3v) is 3.14. The smallest absolute Gasteiger partial charge is 0.256 e. The predicted molar refractivity (Wildman–Crippen MR) is 65.5 cm³/mol. The number of nitrogens with two attached hydrogens (primary N) is 1. The maximum atomic E-state index is 12.0. The number of hydrogen-bond acceptors (Lipinski definition) is 2. The first-order valence-electron chi connectivity index (χ1n) is 5.50. The van der Waals surface area contributed by atoms with Gasteiger partial charge in [0.1, 0.15) is 0 Å². The van der Waals surface area contributed by atoms with Crippen molar-refractivity contribution in [2.45, 2.75) is 26.3 Å². The summed E-state index contributed by atoms with van der Waals surface area (Å²) < 4.78 is 0. The van der Waals surface area contributed by atoms with Crippen LogP contribution in [0.1, 0.15) is 35.7 Å². The maximum Gasteiger partial charge on any atom is 0.256 e. The Morgan fingerprint density at radius 1 is 1.50 bits per heavy atom. The van der Waals surface area contributed by atoms with E-state index in [1.165, 1.54) is 0 Å². The first-order valence-corrected chi connectivity index (χ1v) is 5.88. The van der Waals surface area contributed by atoms with Gasteiger partial charge in [-0.25, -0.2) is 0 Å². The first-order chi connectivity index (χ1) is 7.63. The Hall–Kier alpha value is -1.22. The second-order valence-electron chi connectivity index (χ2n) is 4.12. The van der Waals surface area contributed by atoms with Crippen LogP contribution in [0.2, 0.25) is 5.02 Å². The van der Waals surface area contributed by atoms with Crippen LogP contribution >= 0.6 is 11.6 Å². The van der Waals surface area contributed by atoms with Crippen LogP contribution in [-0.2, 0) is 6.54 Å². The SMILES string of the molecule is CCCCN1Cc2cc(N)cc(Cl)c2C1=O. The highest BCUT2D eigenvalue weighted by Crippen LogP contribution is 2.31. The molecule has 0 aliphatic carbocycles. The van der Waals surface area contributed by atoms with Gasteiger partial charge >= 0.3 is 0 Å². The van der Waals surface area contributed by atoms with Gasteiger partial charge in [-0.15, -0.1) is 0 Å². The number of carbonyl (C=O) groups excluding carboxylic acids is 1. The molecule has 2 rings (SSSR count). The van der Waals surface area contributed by atoms with Crippen molar-refractivity contribution in [2.24, 2.45) is 0 Å². The lowest BCUT2D eigenvalue weighted by Gasteiger charge is -2.14. The number of anilines is 1. The van der Waals surface area contributed by atoms with Crippen molar-refractivity contribution in [3.63, 3.8) is 0 Å². The number of amides is 1.